The van der Waals surface area contributed by atoms with Crippen LogP contribution in [-0.4, -0.2) is 73.7 Å². The minimum absolute atomic E-state index is 0.0724. The van der Waals surface area contributed by atoms with Gasteiger partial charge >= 0.3 is 6.09 Å². The number of hydrogen-bond acceptors (Lipinski definition) is 9. The van der Waals surface area contributed by atoms with Gasteiger partial charge in [0.15, 0.2) is 18.2 Å². The first-order valence-corrected chi connectivity index (χ1v) is 14.2. The van der Waals surface area contributed by atoms with Gasteiger partial charge in [0.25, 0.3) is 5.95 Å². The van der Waals surface area contributed by atoms with E-state index in [0.717, 1.165) is 16.7 Å². The largest absolute Gasteiger partial charge is 0.619 e. The van der Waals surface area contributed by atoms with Gasteiger partial charge in [-0.1, -0.05) is 13.3 Å². The summed E-state index contributed by atoms with van der Waals surface area (Å²) in [6.45, 7) is 1.55. The van der Waals surface area contributed by atoms with Crippen molar-refractivity contribution in [2.24, 2.45) is 0 Å². The number of Topliss-reactive ketones (excluding diaryl/α,β-unsaturated/α-hetero) is 1. The van der Waals surface area contributed by atoms with Crippen molar-refractivity contribution in [2.75, 3.05) is 20.2 Å². The van der Waals surface area contributed by atoms with Gasteiger partial charge in [-0.15, -0.1) is 0 Å². The smallest absolute Gasteiger partial charge is 0.415 e. The highest BCUT2D eigenvalue weighted by Gasteiger charge is 2.54. The molecule has 0 aliphatic carbocycles. The fourth-order valence-corrected chi connectivity index (χ4v) is 6.88. The number of ketones is 1. The Morgan fingerprint density at radius 2 is 2.08 bits per heavy atom. The lowest BCUT2D eigenvalue weighted by Gasteiger charge is -2.27. The molecule has 0 saturated carbocycles. The molecule has 0 bridgehead atoms. The standard InChI is InChI=1S/C26H28N4O9S/c1-3-5-19(27-26(33)39-23-13-16-12-17(37-2)7-8-22(16)38-23)25(32)29-11-9-20-24(29)21(31)15-30(20)40(35,36)18-6-4-10-28(34)14-18/h4,6-8,10,12-14,19-20,24H,3,5,9,11,15H2,1-2H3,(H,27,33). The number of carbonyl (C=O) groups excluding carboxylic acids is 3. The van der Waals surface area contributed by atoms with E-state index in [1.807, 2.05) is 6.92 Å². The maximum atomic E-state index is 13.5. The van der Waals surface area contributed by atoms with E-state index in [2.05, 4.69) is 5.32 Å². The molecule has 13 nitrogen and oxygen atoms in total. The van der Waals surface area contributed by atoms with Crippen molar-refractivity contribution < 1.29 is 41.4 Å². The van der Waals surface area contributed by atoms with Crippen molar-refractivity contribution in [3.63, 3.8) is 0 Å². The summed E-state index contributed by atoms with van der Waals surface area (Å²) in [6, 6.07) is 6.42. The zero-order valence-corrected chi connectivity index (χ0v) is 22.6. The SMILES string of the molecule is CCCC(NC(=O)Oc1cc2cc(OC)ccc2o1)C(=O)N1CCC2C1C(=O)CN2S(=O)(=O)c1ccc[n+]([O-])c1. The predicted octanol–water partition coefficient (Wildman–Crippen LogP) is 1.58. The Bertz CT molecular complexity index is 1570. The molecule has 40 heavy (non-hydrogen) atoms. The van der Waals surface area contributed by atoms with E-state index >= 15 is 0 Å². The monoisotopic (exact) mass is 572 g/mol. The third-order valence-corrected chi connectivity index (χ3v) is 8.93. The van der Waals surface area contributed by atoms with Gasteiger partial charge < -0.3 is 29.3 Å². The maximum absolute atomic E-state index is 13.5. The molecule has 3 aromatic rings. The van der Waals surface area contributed by atoms with E-state index < -0.39 is 52.5 Å². The highest BCUT2D eigenvalue weighted by atomic mass is 32.2. The number of pyridine rings is 1. The third-order valence-electron chi connectivity index (χ3n) is 7.08. The molecule has 14 heteroatoms. The highest BCUT2D eigenvalue weighted by Crippen LogP contribution is 2.34. The number of amides is 2. The average molecular weight is 573 g/mol. The number of carbonyl (C=O) groups is 3. The number of nitrogens with zero attached hydrogens (tertiary/aromatic N) is 3. The number of likely N-dealkylation sites (tertiary alicyclic amines) is 1. The van der Waals surface area contributed by atoms with Crippen LogP contribution in [0.5, 0.6) is 11.7 Å². The Kier molecular flexibility index (Phi) is 7.38. The van der Waals surface area contributed by atoms with Crippen LogP contribution < -0.4 is 19.5 Å². The summed E-state index contributed by atoms with van der Waals surface area (Å²) < 4.78 is 43.9. The molecule has 5 rings (SSSR count). The summed E-state index contributed by atoms with van der Waals surface area (Å²) >= 11 is 0. The number of hydrogen-bond donors (Lipinski definition) is 1. The van der Waals surface area contributed by atoms with Crippen LogP contribution >= 0.6 is 0 Å². The third kappa shape index (κ3) is 5.07. The van der Waals surface area contributed by atoms with E-state index in [9.17, 15) is 28.0 Å². The highest BCUT2D eigenvalue weighted by molar-refractivity contribution is 7.89. The Morgan fingerprint density at radius 3 is 2.80 bits per heavy atom. The Hall–Kier alpha value is -4.17. The van der Waals surface area contributed by atoms with Crippen LogP contribution in [0.15, 0.2) is 58.1 Å². The van der Waals surface area contributed by atoms with Crippen molar-refractivity contribution >= 4 is 38.8 Å². The molecule has 1 N–H and O–H groups in total. The minimum Gasteiger partial charge on any atom is -0.619 e. The van der Waals surface area contributed by atoms with Crippen LogP contribution in [0.2, 0.25) is 0 Å². The summed E-state index contributed by atoms with van der Waals surface area (Å²) in [6.07, 6.45) is 2.21. The molecular weight excluding hydrogens is 544 g/mol. The van der Waals surface area contributed by atoms with E-state index in [1.165, 1.54) is 30.2 Å². The van der Waals surface area contributed by atoms with Crippen LogP contribution in [0, 0.1) is 5.21 Å². The molecule has 3 unspecified atom stereocenters. The molecule has 2 fully saturated rings. The lowest BCUT2D eigenvalue weighted by molar-refractivity contribution is -0.607. The molecule has 0 radical (unpaired) electrons. The average Bonchev–Trinajstić information content (AvgIpc) is 3.62. The molecule has 2 amide bonds. The Balaban J connectivity index is 1.29. The second-order valence-corrected chi connectivity index (χ2v) is 11.5. The van der Waals surface area contributed by atoms with E-state index in [4.69, 9.17) is 13.9 Å². The fourth-order valence-electron chi connectivity index (χ4n) is 5.25. The van der Waals surface area contributed by atoms with E-state index in [1.54, 1.807) is 18.2 Å². The number of methoxy groups -OCH3 is 1. The molecule has 4 heterocycles. The van der Waals surface area contributed by atoms with Crippen molar-refractivity contribution in [3.05, 3.63) is 54.0 Å². The van der Waals surface area contributed by atoms with Gasteiger partial charge in [0.05, 0.1) is 19.7 Å². The molecule has 3 atom stereocenters. The van der Waals surface area contributed by atoms with Gasteiger partial charge in [-0.25, -0.2) is 13.2 Å². The van der Waals surface area contributed by atoms with Gasteiger partial charge in [-0.2, -0.15) is 9.04 Å². The van der Waals surface area contributed by atoms with Gasteiger partial charge in [0.1, 0.15) is 28.3 Å². The zero-order valence-electron chi connectivity index (χ0n) is 21.8. The molecule has 2 aliphatic heterocycles. The molecule has 0 spiro atoms. The van der Waals surface area contributed by atoms with Gasteiger partial charge in [0.2, 0.25) is 15.9 Å². The van der Waals surface area contributed by atoms with Crippen LogP contribution in [0.3, 0.4) is 0 Å². The summed E-state index contributed by atoms with van der Waals surface area (Å²) in [5.41, 5.74) is 0.479. The second-order valence-electron chi connectivity index (χ2n) is 9.59. The molecular formula is C26H28N4O9S. The number of sulfonamides is 1. The Morgan fingerprint density at radius 1 is 1.27 bits per heavy atom. The lowest BCUT2D eigenvalue weighted by atomic mass is 10.1. The number of ether oxygens (including phenoxy) is 2. The number of nitrogens with one attached hydrogen (secondary N) is 1. The molecule has 2 aliphatic rings. The van der Waals surface area contributed by atoms with Crippen molar-refractivity contribution in [1.29, 1.82) is 0 Å². The second kappa shape index (κ2) is 10.8. The first-order chi connectivity index (χ1) is 19.1. The Labute approximate surface area is 229 Å². The van der Waals surface area contributed by atoms with Crippen LogP contribution in [0.4, 0.5) is 4.79 Å². The van der Waals surface area contributed by atoms with Crippen molar-refractivity contribution in [3.8, 4) is 11.7 Å². The van der Waals surface area contributed by atoms with Crippen LogP contribution in [-0.2, 0) is 19.6 Å². The summed E-state index contributed by atoms with van der Waals surface area (Å²) in [7, 11) is -2.62. The lowest BCUT2D eigenvalue weighted by Crippen LogP contribution is -2.53. The minimum atomic E-state index is -4.15. The summed E-state index contributed by atoms with van der Waals surface area (Å²) in [5.74, 6) is -0.407. The van der Waals surface area contributed by atoms with E-state index in [-0.39, 0.29) is 30.2 Å². The van der Waals surface area contributed by atoms with Crippen LogP contribution in [0.1, 0.15) is 26.2 Å². The number of aromatic nitrogens is 1. The normalized spacial score (nSPS) is 19.9. The van der Waals surface area contributed by atoms with Crippen molar-refractivity contribution in [1.82, 2.24) is 14.5 Å². The quantitative estimate of drug-likeness (QED) is 0.312. The first-order valence-electron chi connectivity index (χ1n) is 12.7. The number of fused-ring (bicyclic) bond motifs is 2. The molecule has 2 saturated heterocycles. The summed E-state index contributed by atoms with van der Waals surface area (Å²) in [5, 5.41) is 14.9. The maximum Gasteiger partial charge on any atom is 0.415 e. The number of furan rings is 1. The fraction of sp³-hybridized carbons (Fsp3) is 0.385. The summed E-state index contributed by atoms with van der Waals surface area (Å²) in [4.78, 5) is 40.3. The molecule has 212 valence electrons. The van der Waals surface area contributed by atoms with Crippen molar-refractivity contribution in [2.45, 2.75) is 49.2 Å². The molecule has 1 aromatic carbocycles. The first kappa shape index (κ1) is 27.4. The van der Waals surface area contributed by atoms with Gasteiger partial charge in [-0.3, -0.25) is 9.59 Å². The molecule has 2 aromatic heterocycles. The van der Waals surface area contributed by atoms with Gasteiger partial charge in [0, 0.05) is 24.1 Å². The predicted molar refractivity (Wildman–Crippen MR) is 139 cm³/mol. The topological polar surface area (TPSA) is 162 Å². The van der Waals surface area contributed by atoms with E-state index in [0.29, 0.717) is 27.9 Å². The van der Waals surface area contributed by atoms with Gasteiger partial charge in [-0.05, 0) is 37.1 Å². The number of rotatable bonds is 8. The number of benzene rings is 1. The van der Waals surface area contributed by atoms with Crippen LogP contribution in [0.25, 0.3) is 11.0 Å². The zero-order chi connectivity index (χ0) is 28.6.